The second kappa shape index (κ2) is 4.19. The summed E-state index contributed by atoms with van der Waals surface area (Å²) in [6.45, 7) is 0. The van der Waals surface area contributed by atoms with E-state index in [1.54, 1.807) is 0 Å². The Hall–Kier alpha value is 2.28. The molecule has 0 aliphatic heterocycles. The molecule has 0 saturated carbocycles. The number of rotatable bonds is 0. The molecule has 0 aromatic carbocycles. The fourth-order valence-electron chi connectivity index (χ4n) is 0. The molecule has 0 rings (SSSR count). The quantitative estimate of drug-likeness (QED) is 0.532. The van der Waals surface area contributed by atoms with Gasteiger partial charge in [-0.05, 0) is 0 Å². The van der Waals surface area contributed by atoms with E-state index in [2.05, 4.69) is 0 Å². The van der Waals surface area contributed by atoms with E-state index in [0.717, 1.165) is 0 Å². The largest absolute Gasteiger partial charge is 0 e. The molecule has 0 nitrogen and oxygen atoms in total. The standard InChI is InChI=1S/4ClH.Fe.Li/h4*1H;;/q;;;;+4;/p-4. The summed E-state index contributed by atoms with van der Waals surface area (Å²) < 4.78 is 0. The zero-order chi connectivity index (χ0) is 4.50. The Bertz CT molecular complexity index is 23.0. The molecule has 0 aromatic heterocycles. The zero-order valence-electron chi connectivity index (χ0n) is 2.87. The maximum Gasteiger partial charge on any atom is 0 e. The molecule has 0 heterocycles. The van der Waals surface area contributed by atoms with Crippen LogP contribution in [0.2, 0.25) is 0 Å². The van der Waals surface area contributed by atoms with Crippen LogP contribution in [-0.4, -0.2) is 18.9 Å². The zero-order valence-corrected chi connectivity index (χ0v) is 6.99. The van der Waals surface area contributed by atoms with E-state index in [-0.39, 0.29) is 18.9 Å². The minimum atomic E-state index is -2.61. The van der Waals surface area contributed by atoms with Crippen molar-refractivity contribution in [3.8, 4) is 0 Å². The van der Waals surface area contributed by atoms with Crippen LogP contribution >= 0.6 is 40.4 Å². The summed E-state index contributed by atoms with van der Waals surface area (Å²) in [5.41, 5.74) is 0. The van der Waals surface area contributed by atoms with E-state index in [1.807, 2.05) is 0 Å². The van der Waals surface area contributed by atoms with E-state index in [4.69, 9.17) is 40.4 Å². The van der Waals surface area contributed by atoms with E-state index in [1.165, 1.54) is 0 Å². The van der Waals surface area contributed by atoms with Gasteiger partial charge in [0.2, 0.25) is 0 Å². The molecule has 0 aliphatic rings. The van der Waals surface area contributed by atoms with E-state index in [0.29, 0.717) is 0 Å². The Morgan fingerprint density at radius 1 is 0.833 bits per heavy atom. The summed E-state index contributed by atoms with van der Waals surface area (Å²) in [5, 5.41) is 0. The predicted molar refractivity (Wildman–Crippen MR) is 29.2 cm³/mol. The third-order valence-electron chi connectivity index (χ3n) is 0. The van der Waals surface area contributed by atoms with Gasteiger partial charge in [-0.2, -0.15) is 0 Å². The molecule has 0 N–H and O–H groups in total. The van der Waals surface area contributed by atoms with Crippen molar-refractivity contribution in [2.24, 2.45) is 0 Å². The van der Waals surface area contributed by atoms with Crippen LogP contribution in [0.1, 0.15) is 0 Å². The smallest absolute Gasteiger partial charge is 0 e. The first-order valence-electron chi connectivity index (χ1n) is 0.535. The summed E-state index contributed by atoms with van der Waals surface area (Å²) in [4.78, 5) is 0. The van der Waals surface area contributed by atoms with Crippen LogP contribution < -0.4 is 0 Å². The van der Waals surface area contributed by atoms with Gasteiger partial charge in [0.25, 0.3) is 0 Å². The average Bonchev–Trinajstić information content (AvgIpc) is 0.722. The molecule has 0 bridgehead atoms. The molecule has 0 atom stereocenters. The van der Waals surface area contributed by atoms with Gasteiger partial charge in [-0.25, -0.2) is 0 Å². The van der Waals surface area contributed by atoms with Crippen molar-refractivity contribution >= 4 is 59.3 Å². The summed E-state index contributed by atoms with van der Waals surface area (Å²) in [7, 11) is 17.2. The van der Waals surface area contributed by atoms with Gasteiger partial charge in [0.1, 0.15) is 0 Å². The maximum atomic E-state index is 4.95. The van der Waals surface area contributed by atoms with Crippen LogP contribution in [0, 0.1) is 0 Å². The fraction of sp³-hybridized carbons (Fsp3) is 0. The van der Waals surface area contributed by atoms with Gasteiger partial charge in [-0.1, -0.05) is 0 Å². The van der Waals surface area contributed by atoms with E-state index in [9.17, 15) is 0 Å². The molecule has 1 radical (unpaired) electrons. The van der Waals surface area contributed by atoms with Gasteiger partial charge in [-0.15, -0.1) is 0 Å². The molecule has 0 saturated heterocycles. The monoisotopic (exact) mass is 203 g/mol. The summed E-state index contributed by atoms with van der Waals surface area (Å²) in [6, 6.07) is 0. The molecule has 37 valence electrons. The molecule has 0 spiro atoms. The second-order valence-electron chi connectivity index (χ2n) is 0.303. The molecule has 0 unspecified atom stereocenters. The van der Waals surface area contributed by atoms with Crippen LogP contribution in [0.5, 0.6) is 0 Å². The Labute approximate surface area is 67.8 Å². The van der Waals surface area contributed by atoms with Crippen LogP contribution in [0.25, 0.3) is 0 Å². The van der Waals surface area contributed by atoms with Gasteiger partial charge < -0.3 is 0 Å². The van der Waals surface area contributed by atoms with Gasteiger partial charge in [-0.3, -0.25) is 0 Å². The van der Waals surface area contributed by atoms with Crippen molar-refractivity contribution in [2.75, 3.05) is 0 Å². The Morgan fingerprint density at radius 3 is 0.833 bits per heavy atom. The molecule has 6 heavy (non-hydrogen) atoms. The van der Waals surface area contributed by atoms with Gasteiger partial charge in [0, 0.05) is 18.9 Å². The van der Waals surface area contributed by atoms with Crippen molar-refractivity contribution in [1.29, 1.82) is 0 Å². The van der Waals surface area contributed by atoms with Crippen molar-refractivity contribution < 1.29 is 9.20 Å². The van der Waals surface area contributed by atoms with Gasteiger partial charge >= 0.3 is 49.6 Å². The Kier molecular flexibility index (Phi) is 7.76. The Morgan fingerprint density at radius 2 is 0.833 bits per heavy atom. The fourth-order valence-corrected chi connectivity index (χ4v) is 0. The third-order valence-corrected chi connectivity index (χ3v) is 0. The van der Waals surface area contributed by atoms with E-state index < -0.39 is 9.20 Å². The summed E-state index contributed by atoms with van der Waals surface area (Å²) in [5.74, 6) is 0. The van der Waals surface area contributed by atoms with Crippen LogP contribution in [0.3, 0.4) is 0 Å². The van der Waals surface area contributed by atoms with Crippen LogP contribution in [0.4, 0.5) is 0 Å². The van der Waals surface area contributed by atoms with Gasteiger partial charge in [0.05, 0.1) is 0 Å². The van der Waals surface area contributed by atoms with Crippen molar-refractivity contribution in [3.63, 3.8) is 0 Å². The van der Waals surface area contributed by atoms with Crippen molar-refractivity contribution in [3.05, 3.63) is 0 Å². The normalized spacial score (nSPS) is 12.7. The first-order valence-corrected chi connectivity index (χ1v) is 6.61. The minimum absolute atomic E-state index is 0. The number of hydrogen-bond acceptors (Lipinski definition) is 0. The number of halogens is 4. The van der Waals surface area contributed by atoms with Crippen LogP contribution in [-0.2, 0) is 9.20 Å². The SMILES string of the molecule is [Cl][Fe]([Cl])([Cl])[Cl].[Li]. The second-order valence-corrected chi connectivity index (χ2v) is 11.2. The topological polar surface area (TPSA) is 0 Å². The summed E-state index contributed by atoms with van der Waals surface area (Å²) in [6.07, 6.45) is 0. The number of hydrogen-bond donors (Lipinski definition) is 0. The van der Waals surface area contributed by atoms with Crippen molar-refractivity contribution in [2.45, 2.75) is 0 Å². The molecule has 0 amide bonds. The molecule has 0 aliphatic carbocycles. The average molecular weight is 205 g/mol. The van der Waals surface area contributed by atoms with Crippen molar-refractivity contribution in [1.82, 2.24) is 0 Å². The molecular formula is Cl4FeLi. The van der Waals surface area contributed by atoms with Gasteiger partial charge in [0.15, 0.2) is 0 Å². The maximum absolute atomic E-state index is 4.95. The van der Waals surface area contributed by atoms with E-state index >= 15 is 0 Å². The molecule has 6 heteroatoms. The first-order chi connectivity index (χ1) is 2.00. The van der Waals surface area contributed by atoms with Crippen LogP contribution in [0.15, 0.2) is 0 Å². The first kappa shape index (κ1) is 11.1. The Balaban J connectivity index is 0. The predicted octanol–water partition coefficient (Wildman–Crippen LogP) is 2.37. The summed E-state index contributed by atoms with van der Waals surface area (Å²) >= 11 is 0. The molecule has 0 fully saturated rings. The minimum Gasteiger partial charge on any atom is 0 e. The third kappa shape index (κ3) is 33.7. The molecule has 0 aromatic rings. The molecular weight excluding hydrogens is 205 g/mol.